The number of allylic oxidation sites excluding steroid dienone is 2. The highest BCUT2D eigenvalue weighted by Gasteiger charge is 2.30. The molecular formula is C39H73NO6. The van der Waals surface area contributed by atoms with E-state index in [1.165, 1.54) is 116 Å². The maximum absolute atomic E-state index is 11.5. The molecular weight excluding hydrogens is 578 g/mol. The van der Waals surface area contributed by atoms with E-state index in [0.717, 1.165) is 19.4 Å². The van der Waals surface area contributed by atoms with Crippen molar-refractivity contribution < 1.29 is 34.2 Å². The number of hydrogen-bond acceptors (Lipinski definition) is 4. The molecule has 0 radical (unpaired) electrons. The van der Waals surface area contributed by atoms with E-state index in [2.05, 4.69) is 19.1 Å². The van der Waals surface area contributed by atoms with Crippen LogP contribution in [-0.4, -0.2) is 58.8 Å². The van der Waals surface area contributed by atoms with E-state index < -0.39 is 35.7 Å². The molecule has 0 spiro atoms. The number of carbonyl (C=O) groups excluding carboxylic acids is 1. The topological polar surface area (TPSA) is 115 Å². The summed E-state index contributed by atoms with van der Waals surface area (Å²) in [6.45, 7) is 10.00. The number of aliphatic carboxylic acids is 3. The zero-order chi connectivity index (χ0) is 34.5. The van der Waals surface area contributed by atoms with Crippen molar-refractivity contribution in [3.8, 4) is 0 Å². The van der Waals surface area contributed by atoms with Crippen LogP contribution in [0.4, 0.5) is 0 Å². The van der Waals surface area contributed by atoms with Crippen LogP contribution in [0.2, 0.25) is 0 Å². The van der Waals surface area contributed by atoms with Crippen LogP contribution in [0.1, 0.15) is 175 Å². The lowest BCUT2D eigenvalue weighted by atomic mass is 10.0. The fraction of sp³-hybridized carbons (Fsp3) is 0.872. The van der Waals surface area contributed by atoms with Crippen LogP contribution in [0.3, 0.4) is 0 Å². The van der Waals surface area contributed by atoms with Gasteiger partial charge in [-0.05, 0) is 38.5 Å². The smallest absolute Gasteiger partial charge is 0.306 e. The Morgan fingerprint density at radius 1 is 0.522 bits per heavy atom. The molecule has 3 unspecified atom stereocenters. The van der Waals surface area contributed by atoms with E-state index in [0.29, 0.717) is 43.4 Å². The van der Waals surface area contributed by atoms with Crippen LogP contribution >= 0.6 is 0 Å². The quantitative estimate of drug-likeness (QED) is 0.0407. The van der Waals surface area contributed by atoms with Crippen LogP contribution in [0, 0.1) is 17.8 Å². The molecule has 7 nitrogen and oxygen atoms in total. The summed E-state index contributed by atoms with van der Waals surface area (Å²) in [6.07, 6.45) is 32.0. The van der Waals surface area contributed by atoms with Crippen molar-refractivity contribution in [2.75, 3.05) is 26.2 Å². The van der Waals surface area contributed by atoms with E-state index in [-0.39, 0.29) is 0 Å². The van der Waals surface area contributed by atoms with Crippen molar-refractivity contribution in [3.63, 3.8) is 0 Å². The first-order valence-corrected chi connectivity index (χ1v) is 19.2. The second kappa shape index (κ2) is 29.3. The van der Waals surface area contributed by atoms with Crippen LogP contribution in [0.15, 0.2) is 12.2 Å². The van der Waals surface area contributed by atoms with E-state index in [1.54, 1.807) is 20.8 Å². The first kappa shape index (κ1) is 44.1. The first-order chi connectivity index (χ1) is 22.0. The normalized spacial score (nSPS) is 15.0. The summed E-state index contributed by atoms with van der Waals surface area (Å²) >= 11 is 0. The van der Waals surface area contributed by atoms with Gasteiger partial charge in [-0.3, -0.25) is 9.59 Å². The highest BCUT2D eigenvalue weighted by molar-refractivity contribution is 5.69. The number of unbranched alkanes of at least 4 members (excludes halogenated alkanes) is 18. The minimum Gasteiger partial charge on any atom is -0.550 e. The molecule has 0 rings (SSSR count). The number of carboxylic acid groups (broad SMARTS) is 3. The van der Waals surface area contributed by atoms with Gasteiger partial charge in [0, 0.05) is 31.1 Å². The molecule has 270 valence electrons. The molecule has 7 heteroatoms. The lowest BCUT2D eigenvalue weighted by molar-refractivity contribution is -0.929. The summed E-state index contributed by atoms with van der Waals surface area (Å²) in [5.74, 6) is -4.30. The van der Waals surface area contributed by atoms with Gasteiger partial charge in [-0.25, -0.2) is 0 Å². The summed E-state index contributed by atoms with van der Waals surface area (Å²) in [7, 11) is 0. The summed E-state index contributed by atoms with van der Waals surface area (Å²) in [4.78, 5) is 34.4. The number of carbonyl (C=O) groups is 3. The zero-order valence-corrected chi connectivity index (χ0v) is 30.5. The molecule has 0 aromatic rings. The highest BCUT2D eigenvalue weighted by atomic mass is 16.4. The summed E-state index contributed by atoms with van der Waals surface area (Å²) < 4.78 is 0.587. The molecule has 2 N–H and O–H groups in total. The average molecular weight is 652 g/mol. The molecule has 0 bridgehead atoms. The SMILES string of the molecule is CCCCC/C=C/CCCCCCCCCCCCCCCCC[N+](CCC(C)C(=O)[O-])(CCC(C)C(=O)O)CCC(C)C(=O)O. The number of hydrogen-bond donors (Lipinski definition) is 2. The third-order valence-corrected chi connectivity index (χ3v) is 10.00. The molecule has 0 saturated carbocycles. The van der Waals surface area contributed by atoms with E-state index in [9.17, 15) is 29.7 Å². The Morgan fingerprint density at radius 2 is 0.848 bits per heavy atom. The third-order valence-electron chi connectivity index (χ3n) is 10.00. The van der Waals surface area contributed by atoms with Crippen molar-refractivity contribution in [2.45, 2.75) is 175 Å². The van der Waals surface area contributed by atoms with E-state index in [4.69, 9.17) is 0 Å². The fourth-order valence-corrected chi connectivity index (χ4v) is 6.19. The minimum absolute atomic E-state index is 0.447. The maximum atomic E-state index is 11.5. The zero-order valence-electron chi connectivity index (χ0n) is 30.5. The predicted molar refractivity (Wildman–Crippen MR) is 189 cm³/mol. The Labute approximate surface area is 283 Å². The van der Waals surface area contributed by atoms with Gasteiger partial charge in [0.15, 0.2) is 0 Å². The van der Waals surface area contributed by atoms with Gasteiger partial charge in [0.1, 0.15) is 0 Å². The van der Waals surface area contributed by atoms with Crippen molar-refractivity contribution in [1.29, 1.82) is 0 Å². The van der Waals surface area contributed by atoms with Crippen LogP contribution < -0.4 is 5.11 Å². The van der Waals surface area contributed by atoms with Gasteiger partial charge in [0.05, 0.1) is 38.0 Å². The molecule has 0 heterocycles. The van der Waals surface area contributed by atoms with Gasteiger partial charge in [0.2, 0.25) is 0 Å². The summed E-state index contributed by atoms with van der Waals surface area (Å²) in [6, 6.07) is 0. The second-order valence-electron chi connectivity index (χ2n) is 14.4. The van der Waals surface area contributed by atoms with E-state index >= 15 is 0 Å². The molecule has 0 aliphatic rings. The fourth-order valence-electron chi connectivity index (χ4n) is 6.19. The van der Waals surface area contributed by atoms with Crippen molar-refractivity contribution >= 4 is 17.9 Å². The molecule has 0 aromatic carbocycles. The van der Waals surface area contributed by atoms with Crippen molar-refractivity contribution in [3.05, 3.63) is 12.2 Å². The van der Waals surface area contributed by atoms with Gasteiger partial charge in [0.25, 0.3) is 0 Å². The molecule has 0 aliphatic carbocycles. The average Bonchev–Trinajstić information content (AvgIpc) is 3.03. The van der Waals surface area contributed by atoms with Crippen LogP contribution in [0.25, 0.3) is 0 Å². The van der Waals surface area contributed by atoms with Crippen LogP contribution in [-0.2, 0) is 14.4 Å². The lowest BCUT2D eigenvalue weighted by Gasteiger charge is -2.41. The Bertz CT molecular complexity index is 738. The summed E-state index contributed by atoms with van der Waals surface area (Å²) in [5, 5.41) is 30.3. The van der Waals surface area contributed by atoms with Crippen molar-refractivity contribution in [1.82, 2.24) is 0 Å². The third kappa shape index (κ3) is 25.2. The predicted octanol–water partition coefficient (Wildman–Crippen LogP) is 9.18. The molecule has 46 heavy (non-hydrogen) atoms. The number of carboxylic acids is 3. The minimum atomic E-state index is -1.07. The standard InChI is InChI=1S/C39H73NO6/c1-5-6-7-8-9-10-11-12-13-14-15-16-17-18-19-20-21-22-23-24-25-26-30-40(31-27-34(2)37(41)42,32-28-35(3)38(43)44)33-29-36(4)39(45)46/h9-10,34-36H,5-8,11-33H2,1-4H3,(H2-,41,42,43,44,45,46)/b10-9+. The van der Waals surface area contributed by atoms with Gasteiger partial charge < -0.3 is 24.6 Å². The number of nitrogens with zero attached hydrogens (tertiary/aromatic N) is 1. The highest BCUT2D eigenvalue weighted by Crippen LogP contribution is 2.22. The Balaban J connectivity index is 4.27. The summed E-state index contributed by atoms with van der Waals surface area (Å²) in [5.41, 5.74) is 0. The van der Waals surface area contributed by atoms with E-state index in [1.807, 2.05) is 0 Å². The first-order valence-electron chi connectivity index (χ1n) is 19.2. The van der Waals surface area contributed by atoms with Crippen LogP contribution in [0.5, 0.6) is 0 Å². The van der Waals surface area contributed by atoms with Gasteiger partial charge in [-0.1, -0.05) is 130 Å². The molecule has 0 aliphatic heterocycles. The molecule has 0 aromatic heterocycles. The number of quaternary nitrogens is 1. The Hall–Kier alpha value is -1.89. The largest absolute Gasteiger partial charge is 0.550 e. The molecule has 0 saturated heterocycles. The molecule has 0 fully saturated rings. The van der Waals surface area contributed by atoms with Crippen molar-refractivity contribution in [2.24, 2.45) is 17.8 Å². The Morgan fingerprint density at radius 3 is 1.20 bits per heavy atom. The van der Waals surface area contributed by atoms with Gasteiger partial charge in [-0.15, -0.1) is 0 Å². The lowest BCUT2D eigenvalue weighted by Crippen LogP contribution is -2.52. The van der Waals surface area contributed by atoms with Gasteiger partial charge in [-0.2, -0.15) is 0 Å². The van der Waals surface area contributed by atoms with Gasteiger partial charge >= 0.3 is 11.9 Å². The molecule has 3 atom stereocenters. The molecule has 0 amide bonds. The number of rotatable bonds is 34. The second-order valence-corrected chi connectivity index (χ2v) is 14.4. The Kier molecular flexibility index (Phi) is 28.1. The monoisotopic (exact) mass is 652 g/mol. The maximum Gasteiger partial charge on any atom is 0.306 e.